The minimum Gasteiger partial charge on any atom is -0.364 e. The van der Waals surface area contributed by atoms with Crippen LogP contribution in [0.15, 0.2) is 24.7 Å². The molecular weight excluding hydrogens is 244 g/mol. The molecule has 0 fully saturated rings. The van der Waals surface area contributed by atoms with Crippen molar-refractivity contribution in [1.82, 2.24) is 19.7 Å². The largest absolute Gasteiger partial charge is 0.364 e. The van der Waals surface area contributed by atoms with Gasteiger partial charge < -0.3 is 11.5 Å². The van der Waals surface area contributed by atoms with Gasteiger partial charge in [0.1, 0.15) is 5.69 Å². The van der Waals surface area contributed by atoms with Gasteiger partial charge in [-0.15, -0.1) is 0 Å². The zero-order chi connectivity index (χ0) is 13.8. The van der Waals surface area contributed by atoms with Crippen molar-refractivity contribution in [1.29, 1.82) is 0 Å². The molecule has 0 radical (unpaired) electrons. The van der Waals surface area contributed by atoms with Crippen LogP contribution in [0.3, 0.4) is 0 Å². The Morgan fingerprint density at radius 2 is 2.11 bits per heavy atom. The summed E-state index contributed by atoms with van der Waals surface area (Å²) >= 11 is 0. The highest BCUT2D eigenvalue weighted by molar-refractivity contribution is 5.90. The molecule has 1 unspecified atom stereocenters. The van der Waals surface area contributed by atoms with Crippen LogP contribution in [-0.4, -0.2) is 31.7 Å². The summed E-state index contributed by atoms with van der Waals surface area (Å²) in [5.41, 5.74) is 12.1. The summed E-state index contributed by atoms with van der Waals surface area (Å²) in [5.74, 6) is -0.189. The van der Waals surface area contributed by atoms with E-state index in [9.17, 15) is 4.79 Å². The molecule has 1 amide bonds. The Bertz CT molecular complexity index is 562. The van der Waals surface area contributed by atoms with Crippen LogP contribution in [0, 0.1) is 0 Å². The number of carbonyl (C=O) groups is 1. The van der Waals surface area contributed by atoms with Gasteiger partial charge in [0, 0.05) is 24.6 Å². The molecule has 0 saturated carbocycles. The quantitative estimate of drug-likeness (QED) is 0.788. The highest BCUT2D eigenvalue weighted by atomic mass is 16.1. The minimum atomic E-state index is -0.579. The second-order valence-electron chi connectivity index (χ2n) is 4.27. The molecule has 0 aromatic carbocycles. The number of nitrogens with zero attached hydrogens (tertiary/aromatic N) is 4. The molecule has 2 rings (SSSR count). The smallest absolute Gasteiger partial charge is 0.269 e. The summed E-state index contributed by atoms with van der Waals surface area (Å²) in [6, 6.07) is 1.63. The Hall–Kier alpha value is -2.28. The first-order valence-electron chi connectivity index (χ1n) is 6.02. The van der Waals surface area contributed by atoms with Gasteiger partial charge in [-0.1, -0.05) is 6.92 Å². The van der Waals surface area contributed by atoms with Gasteiger partial charge in [0.05, 0.1) is 0 Å². The molecule has 2 aromatic rings. The van der Waals surface area contributed by atoms with Gasteiger partial charge in [-0.3, -0.25) is 4.79 Å². The number of amides is 1. The highest BCUT2D eigenvalue weighted by Crippen LogP contribution is 2.05. The molecule has 0 saturated heterocycles. The Labute approximate surface area is 110 Å². The average molecular weight is 260 g/mol. The van der Waals surface area contributed by atoms with E-state index in [1.165, 1.54) is 10.7 Å². The molecule has 0 spiro atoms. The predicted molar refractivity (Wildman–Crippen MR) is 69.6 cm³/mol. The number of hydrogen-bond donors (Lipinski definition) is 2. The van der Waals surface area contributed by atoms with Gasteiger partial charge in [0.15, 0.2) is 0 Å². The maximum absolute atomic E-state index is 10.9. The summed E-state index contributed by atoms with van der Waals surface area (Å²) in [4.78, 5) is 19.3. The van der Waals surface area contributed by atoms with Crippen LogP contribution in [-0.2, 0) is 6.42 Å². The highest BCUT2D eigenvalue weighted by Gasteiger charge is 2.08. The molecule has 4 N–H and O–H groups in total. The maximum Gasteiger partial charge on any atom is 0.269 e. The van der Waals surface area contributed by atoms with Crippen LogP contribution in [0.5, 0.6) is 0 Å². The zero-order valence-corrected chi connectivity index (χ0v) is 10.7. The van der Waals surface area contributed by atoms with Crippen LogP contribution < -0.4 is 11.5 Å². The van der Waals surface area contributed by atoms with Crippen molar-refractivity contribution in [3.8, 4) is 5.95 Å². The van der Waals surface area contributed by atoms with E-state index in [-0.39, 0.29) is 11.7 Å². The molecule has 100 valence electrons. The van der Waals surface area contributed by atoms with Crippen molar-refractivity contribution in [3.63, 3.8) is 0 Å². The first-order valence-corrected chi connectivity index (χ1v) is 6.02. The van der Waals surface area contributed by atoms with Gasteiger partial charge in [-0.2, -0.15) is 5.10 Å². The molecule has 0 aliphatic heterocycles. The number of rotatable bonds is 5. The van der Waals surface area contributed by atoms with Crippen LogP contribution in [0.4, 0.5) is 0 Å². The maximum atomic E-state index is 10.9. The SMILES string of the molecule is CCC(N)Cc1cnc(-n2ccc(C(N)=O)n2)nc1. The van der Waals surface area contributed by atoms with Crippen molar-refractivity contribution in [2.45, 2.75) is 25.8 Å². The first kappa shape index (κ1) is 13.2. The van der Waals surface area contributed by atoms with E-state index in [1.807, 2.05) is 6.92 Å². The van der Waals surface area contributed by atoms with Gasteiger partial charge >= 0.3 is 0 Å². The van der Waals surface area contributed by atoms with Crippen molar-refractivity contribution >= 4 is 5.91 Å². The summed E-state index contributed by atoms with van der Waals surface area (Å²) in [7, 11) is 0. The molecule has 0 bridgehead atoms. The minimum absolute atomic E-state index is 0.112. The lowest BCUT2D eigenvalue weighted by atomic mass is 10.1. The van der Waals surface area contributed by atoms with E-state index in [2.05, 4.69) is 15.1 Å². The fourth-order valence-electron chi connectivity index (χ4n) is 1.59. The molecule has 2 heterocycles. The molecule has 7 nitrogen and oxygen atoms in total. The summed E-state index contributed by atoms with van der Waals surface area (Å²) in [6.07, 6.45) is 6.66. The fraction of sp³-hybridized carbons (Fsp3) is 0.333. The first-order chi connectivity index (χ1) is 9.10. The van der Waals surface area contributed by atoms with Gasteiger partial charge in [0.2, 0.25) is 5.95 Å². The zero-order valence-electron chi connectivity index (χ0n) is 10.7. The number of carbonyl (C=O) groups excluding carboxylic acids is 1. The Balaban J connectivity index is 2.15. The summed E-state index contributed by atoms with van der Waals surface area (Å²) in [5, 5.41) is 3.98. The lowest BCUT2D eigenvalue weighted by Gasteiger charge is -2.07. The van der Waals surface area contributed by atoms with Crippen molar-refractivity contribution in [2.75, 3.05) is 0 Å². The van der Waals surface area contributed by atoms with Crippen molar-refractivity contribution in [2.24, 2.45) is 11.5 Å². The third kappa shape index (κ3) is 3.14. The number of aromatic nitrogens is 4. The van der Waals surface area contributed by atoms with E-state index in [0.29, 0.717) is 5.95 Å². The molecule has 0 aliphatic rings. The normalized spacial score (nSPS) is 12.3. The Kier molecular flexibility index (Phi) is 3.86. The second kappa shape index (κ2) is 5.57. The topological polar surface area (TPSA) is 113 Å². The summed E-state index contributed by atoms with van der Waals surface area (Å²) < 4.78 is 1.41. The molecule has 7 heteroatoms. The van der Waals surface area contributed by atoms with Crippen molar-refractivity contribution < 1.29 is 4.79 Å². The molecule has 0 aliphatic carbocycles. The lowest BCUT2D eigenvalue weighted by molar-refractivity contribution is 0.0995. The average Bonchev–Trinajstić information content (AvgIpc) is 2.89. The molecule has 1 atom stereocenters. The number of primary amides is 1. The third-order valence-corrected chi connectivity index (χ3v) is 2.76. The monoisotopic (exact) mass is 260 g/mol. The van der Waals surface area contributed by atoms with E-state index < -0.39 is 5.91 Å². The predicted octanol–water partition coefficient (Wildman–Crippen LogP) is 0.0410. The Morgan fingerprint density at radius 3 is 2.63 bits per heavy atom. The lowest BCUT2D eigenvalue weighted by Crippen LogP contribution is -2.21. The second-order valence-corrected chi connectivity index (χ2v) is 4.27. The molecule has 19 heavy (non-hydrogen) atoms. The number of nitrogens with two attached hydrogens (primary N) is 2. The molecular formula is C12H16N6O. The van der Waals surface area contributed by atoms with E-state index in [4.69, 9.17) is 11.5 Å². The van der Waals surface area contributed by atoms with Crippen LogP contribution >= 0.6 is 0 Å². The van der Waals surface area contributed by atoms with Crippen LogP contribution in [0.2, 0.25) is 0 Å². The standard InChI is InChI=1S/C12H16N6O/c1-2-9(13)5-8-6-15-12(16-7-8)18-4-3-10(17-18)11(14)19/h3-4,6-7,9H,2,5,13H2,1H3,(H2,14,19). The van der Waals surface area contributed by atoms with Gasteiger partial charge in [-0.05, 0) is 24.5 Å². The van der Waals surface area contributed by atoms with Crippen molar-refractivity contribution in [3.05, 3.63) is 35.9 Å². The van der Waals surface area contributed by atoms with Gasteiger partial charge in [-0.25, -0.2) is 14.6 Å². The Morgan fingerprint density at radius 1 is 1.42 bits per heavy atom. The fourth-order valence-corrected chi connectivity index (χ4v) is 1.59. The van der Waals surface area contributed by atoms with Crippen LogP contribution in [0.25, 0.3) is 5.95 Å². The van der Waals surface area contributed by atoms with Crippen LogP contribution in [0.1, 0.15) is 29.4 Å². The number of hydrogen-bond acceptors (Lipinski definition) is 5. The van der Waals surface area contributed by atoms with E-state index in [1.54, 1.807) is 18.6 Å². The molecule has 2 aromatic heterocycles. The van der Waals surface area contributed by atoms with Gasteiger partial charge in [0.25, 0.3) is 5.91 Å². The third-order valence-electron chi connectivity index (χ3n) is 2.76. The van der Waals surface area contributed by atoms with E-state index >= 15 is 0 Å². The van der Waals surface area contributed by atoms with E-state index in [0.717, 1.165) is 18.4 Å². The summed E-state index contributed by atoms with van der Waals surface area (Å²) in [6.45, 7) is 2.04.